The second-order valence-corrected chi connectivity index (χ2v) is 9.68. The van der Waals surface area contributed by atoms with Crippen LogP contribution < -0.4 is 10.0 Å². The number of nitrogens with one attached hydrogen (secondary N) is 2. The predicted molar refractivity (Wildman–Crippen MR) is 117 cm³/mol. The minimum atomic E-state index is -3.80. The molecule has 0 radical (unpaired) electrons. The van der Waals surface area contributed by atoms with Crippen molar-refractivity contribution in [2.75, 3.05) is 10.0 Å². The van der Waals surface area contributed by atoms with Gasteiger partial charge in [-0.15, -0.1) is 0 Å². The highest BCUT2D eigenvalue weighted by molar-refractivity contribution is 7.93. The maximum atomic E-state index is 12.8. The molecular weight excluding hydrogens is 406 g/mol. The number of anilines is 2. The van der Waals surface area contributed by atoms with Crippen LogP contribution in [0.15, 0.2) is 41.3 Å². The number of carbonyl (C=O) groups is 1. The summed E-state index contributed by atoms with van der Waals surface area (Å²) in [6.07, 6.45) is 0. The number of hydrogen-bond acceptors (Lipinski definition) is 5. The number of amides is 1. The molecule has 3 rings (SSSR count). The Balaban J connectivity index is 1.85. The average Bonchev–Trinajstić information content (AvgIpc) is 2.97. The van der Waals surface area contributed by atoms with Gasteiger partial charge in [-0.2, -0.15) is 0 Å². The van der Waals surface area contributed by atoms with Gasteiger partial charge in [0.05, 0.1) is 10.6 Å². The van der Waals surface area contributed by atoms with Crippen molar-refractivity contribution in [3.8, 4) is 0 Å². The Labute approximate surface area is 175 Å². The first-order valence-corrected chi connectivity index (χ1v) is 11.3. The van der Waals surface area contributed by atoms with Crippen LogP contribution in [-0.4, -0.2) is 19.3 Å². The van der Waals surface area contributed by atoms with E-state index in [9.17, 15) is 13.2 Å². The summed E-state index contributed by atoms with van der Waals surface area (Å²) in [5.41, 5.74) is 4.77. The van der Waals surface area contributed by atoms with Crippen molar-refractivity contribution in [3.63, 3.8) is 0 Å². The maximum Gasteiger partial charge on any atom is 0.267 e. The van der Waals surface area contributed by atoms with E-state index >= 15 is 0 Å². The molecule has 0 fully saturated rings. The Morgan fingerprint density at radius 3 is 2.24 bits per heavy atom. The molecule has 0 aliphatic carbocycles. The average molecular weight is 430 g/mol. The van der Waals surface area contributed by atoms with Crippen molar-refractivity contribution in [1.29, 1.82) is 0 Å². The number of benzene rings is 2. The summed E-state index contributed by atoms with van der Waals surface area (Å²) in [5, 5.41) is 3.07. The molecule has 6 nitrogen and oxygen atoms in total. The molecule has 1 amide bonds. The van der Waals surface area contributed by atoms with Gasteiger partial charge in [0.1, 0.15) is 4.88 Å². The number of sulfonamides is 1. The van der Waals surface area contributed by atoms with Crippen molar-refractivity contribution < 1.29 is 13.2 Å². The van der Waals surface area contributed by atoms with Crippen LogP contribution in [0.4, 0.5) is 10.8 Å². The molecule has 0 aliphatic heterocycles. The van der Waals surface area contributed by atoms with Gasteiger partial charge in [-0.1, -0.05) is 47.2 Å². The zero-order valence-corrected chi connectivity index (χ0v) is 18.6. The first-order valence-electron chi connectivity index (χ1n) is 9.03. The first-order chi connectivity index (χ1) is 13.6. The van der Waals surface area contributed by atoms with Crippen molar-refractivity contribution >= 4 is 38.1 Å². The van der Waals surface area contributed by atoms with Gasteiger partial charge in [0.25, 0.3) is 15.9 Å². The number of rotatable bonds is 5. The normalized spacial score (nSPS) is 11.3. The molecule has 8 heteroatoms. The Kier molecular flexibility index (Phi) is 5.77. The quantitative estimate of drug-likeness (QED) is 0.613. The maximum absolute atomic E-state index is 12.8. The van der Waals surface area contributed by atoms with E-state index in [-0.39, 0.29) is 15.9 Å². The Bertz CT molecular complexity index is 1180. The predicted octanol–water partition coefficient (Wildman–Crippen LogP) is 4.74. The molecule has 0 spiro atoms. The summed E-state index contributed by atoms with van der Waals surface area (Å²) in [4.78, 5) is 17.6. The molecule has 0 aliphatic rings. The van der Waals surface area contributed by atoms with Gasteiger partial charge >= 0.3 is 0 Å². The zero-order valence-electron chi connectivity index (χ0n) is 17.0. The van der Waals surface area contributed by atoms with Gasteiger partial charge in [-0.25, -0.2) is 13.4 Å². The monoisotopic (exact) mass is 429 g/mol. The summed E-state index contributed by atoms with van der Waals surface area (Å²) in [5.74, 6) is -0.311. The number of para-hydroxylation sites is 1. The number of carbonyl (C=O) groups excluding carboxylic acids is 1. The Morgan fingerprint density at radius 1 is 0.966 bits per heavy atom. The molecule has 2 aromatic carbocycles. The van der Waals surface area contributed by atoms with E-state index in [2.05, 4.69) is 15.0 Å². The van der Waals surface area contributed by atoms with Crippen LogP contribution in [0.5, 0.6) is 0 Å². The van der Waals surface area contributed by atoms with Gasteiger partial charge < -0.3 is 5.32 Å². The number of nitrogens with zero attached hydrogens (tertiary/aromatic N) is 1. The molecule has 0 unspecified atom stereocenters. The van der Waals surface area contributed by atoms with Crippen LogP contribution in [0.3, 0.4) is 0 Å². The minimum absolute atomic E-state index is 0.161. The fourth-order valence-electron chi connectivity index (χ4n) is 3.10. The van der Waals surface area contributed by atoms with Crippen molar-refractivity contribution in [2.24, 2.45) is 0 Å². The number of aryl methyl sites for hydroxylation is 5. The molecule has 0 atom stereocenters. The minimum Gasteiger partial charge on any atom is -0.321 e. The van der Waals surface area contributed by atoms with Crippen LogP contribution in [0, 0.1) is 34.6 Å². The smallest absolute Gasteiger partial charge is 0.267 e. The highest BCUT2D eigenvalue weighted by Gasteiger charge is 2.22. The van der Waals surface area contributed by atoms with Crippen LogP contribution >= 0.6 is 11.3 Å². The van der Waals surface area contributed by atoms with Crippen LogP contribution in [-0.2, 0) is 10.0 Å². The van der Waals surface area contributed by atoms with E-state index in [1.807, 2.05) is 45.0 Å². The lowest BCUT2D eigenvalue weighted by molar-refractivity contribution is 0.102. The summed E-state index contributed by atoms with van der Waals surface area (Å²) in [7, 11) is -3.80. The third kappa shape index (κ3) is 4.49. The van der Waals surface area contributed by atoms with Gasteiger partial charge in [0.2, 0.25) is 0 Å². The SMILES string of the molecule is Cc1ccc(S(=O)(=O)Nc2nc(C)c(C(=O)Nc3c(C)cccc3C)s2)c(C)c1. The second kappa shape index (κ2) is 7.96. The lowest BCUT2D eigenvalue weighted by Gasteiger charge is -2.10. The standard InChI is InChI=1S/C21H23N3O3S2/c1-12-9-10-17(15(4)11-12)29(26,27)24-21-22-16(5)19(28-21)20(25)23-18-13(2)7-6-8-14(18)3/h6-11H,1-5H3,(H,22,24)(H,23,25). The van der Waals surface area contributed by atoms with Crippen LogP contribution in [0.2, 0.25) is 0 Å². The molecular formula is C21H23N3O3S2. The summed E-state index contributed by atoms with van der Waals surface area (Å²) in [6.45, 7) is 9.18. The molecule has 0 saturated carbocycles. The molecule has 1 aromatic heterocycles. The van der Waals surface area contributed by atoms with Crippen molar-refractivity contribution in [2.45, 2.75) is 39.5 Å². The van der Waals surface area contributed by atoms with Gasteiger partial charge in [-0.05, 0) is 57.4 Å². The molecule has 29 heavy (non-hydrogen) atoms. The number of hydrogen-bond donors (Lipinski definition) is 2. The van der Waals surface area contributed by atoms with Gasteiger partial charge in [-0.3, -0.25) is 9.52 Å². The van der Waals surface area contributed by atoms with E-state index in [1.54, 1.807) is 26.0 Å². The summed E-state index contributed by atoms with van der Waals surface area (Å²) < 4.78 is 28.0. The summed E-state index contributed by atoms with van der Waals surface area (Å²) in [6, 6.07) is 10.9. The van der Waals surface area contributed by atoms with E-state index in [1.165, 1.54) is 0 Å². The third-order valence-electron chi connectivity index (χ3n) is 4.56. The second-order valence-electron chi connectivity index (χ2n) is 7.03. The zero-order chi connectivity index (χ0) is 21.3. The molecule has 3 aromatic rings. The van der Waals surface area contributed by atoms with E-state index in [0.717, 1.165) is 33.7 Å². The largest absolute Gasteiger partial charge is 0.321 e. The fourth-order valence-corrected chi connectivity index (χ4v) is 5.43. The highest BCUT2D eigenvalue weighted by atomic mass is 32.2. The highest BCUT2D eigenvalue weighted by Crippen LogP contribution is 2.28. The first kappa shape index (κ1) is 21.0. The van der Waals surface area contributed by atoms with E-state index in [4.69, 9.17) is 0 Å². The van der Waals surface area contributed by atoms with Gasteiger partial charge in [0.15, 0.2) is 5.13 Å². The molecule has 152 valence electrons. The molecule has 0 saturated heterocycles. The van der Waals surface area contributed by atoms with Crippen molar-refractivity contribution in [3.05, 3.63) is 69.2 Å². The topological polar surface area (TPSA) is 88.2 Å². The number of aromatic nitrogens is 1. The molecule has 2 N–H and O–H groups in total. The van der Waals surface area contributed by atoms with Gasteiger partial charge in [0, 0.05) is 5.69 Å². The van der Waals surface area contributed by atoms with Crippen LogP contribution in [0.25, 0.3) is 0 Å². The number of thiazole rings is 1. The van der Waals surface area contributed by atoms with Crippen molar-refractivity contribution in [1.82, 2.24) is 4.98 Å². The van der Waals surface area contributed by atoms with E-state index < -0.39 is 10.0 Å². The lowest BCUT2D eigenvalue weighted by atomic mass is 10.1. The summed E-state index contributed by atoms with van der Waals surface area (Å²) >= 11 is 1.02. The molecule has 0 bridgehead atoms. The fraction of sp³-hybridized carbons (Fsp3) is 0.238. The Hall–Kier alpha value is -2.71. The van der Waals surface area contributed by atoms with Crippen LogP contribution in [0.1, 0.15) is 37.6 Å². The lowest BCUT2D eigenvalue weighted by Crippen LogP contribution is -2.14. The molecule has 1 heterocycles. The van der Waals surface area contributed by atoms with E-state index in [0.29, 0.717) is 16.1 Å². The Morgan fingerprint density at radius 2 is 1.62 bits per heavy atom. The third-order valence-corrected chi connectivity index (χ3v) is 7.26.